The van der Waals surface area contributed by atoms with Crippen LogP contribution in [0.4, 0.5) is 24.1 Å². The highest BCUT2D eigenvalue weighted by atomic mass is 35.5. The monoisotopic (exact) mass is 586 g/mol. The number of benzene rings is 2. The van der Waals surface area contributed by atoms with Crippen molar-refractivity contribution in [3.05, 3.63) is 47.0 Å². The summed E-state index contributed by atoms with van der Waals surface area (Å²) in [4.78, 5) is 17.8. The Kier molecular flexibility index (Phi) is 6.28. The van der Waals surface area contributed by atoms with E-state index in [9.17, 15) is 13.2 Å². The van der Waals surface area contributed by atoms with E-state index in [4.69, 9.17) is 32.0 Å². The number of fused-ring (bicyclic) bond motifs is 3. The molecule has 4 aromatic rings. The van der Waals surface area contributed by atoms with Gasteiger partial charge in [0.1, 0.15) is 30.2 Å². The summed E-state index contributed by atoms with van der Waals surface area (Å²) in [7, 11) is 0. The second kappa shape index (κ2) is 9.74. The SMILES string of the molecule is Nc1nc2c(-c3cc4nc(OCC56CCCN5CC(F)C6)nc(N5CCC=C(F)C5)c4cc3Cl)ccc(F)c2s1. The number of aromatic nitrogens is 3. The highest BCUT2D eigenvalue weighted by molar-refractivity contribution is 7.22. The van der Waals surface area contributed by atoms with Gasteiger partial charge in [0.2, 0.25) is 0 Å². The molecule has 0 radical (unpaired) electrons. The molecule has 2 aromatic heterocycles. The summed E-state index contributed by atoms with van der Waals surface area (Å²) < 4.78 is 49.7. The summed E-state index contributed by atoms with van der Waals surface area (Å²) in [6.07, 6.45) is 3.50. The Morgan fingerprint density at radius 3 is 2.88 bits per heavy atom. The first-order valence-corrected chi connectivity index (χ1v) is 14.5. The molecule has 12 heteroatoms. The lowest BCUT2D eigenvalue weighted by Gasteiger charge is -2.31. The maximum atomic E-state index is 14.5. The van der Waals surface area contributed by atoms with Crippen LogP contribution in [0.3, 0.4) is 0 Å². The molecule has 2 N–H and O–H groups in total. The Hall–Kier alpha value is -3.15. The molecule has 2 aromatic carbocycles. The number of ether oxygens (including phenoxy) is 1. The Morgan fingerprint density at radius 1 is 1.15 bits per heavy atom. The van der Waals surface area contributed by atoms with E-state index in [1.165, 1.54) is 6.07 Å². The molecule has 2 fully saturated rings. The summed E-state index contributed by atoms with van der Waals surface area (Å²) in [5, 5.41) is 1.28. The minimum absolute atomic E-state index is 0.0723. The van der Waals surface area contributed by atoms with Crippen LogP contribution in [0.15, 0.2) is 36.2 Å². The number of nitrogens with zero attached hydrogens (tertiary/aromatic N) is 5. The fourth-order valence-electron chi connectivity index (χ4n) is 6.37. The quantitative estimate of drug-likeness (QED) is 0.294. The van der Waals surface area contributed by atoms with Gasteiger partial charge in [0.05, 0.1) is 27.8 Å². The molecule has 2 saturated heterocycles. The van der Waals surface area contributed by atoms with Crippen LogP contribution in [0.25, 0.3) is 32.2 Å². The van der Waals surface area contributed by atoms with Gasteiger partial charge in [-0.05, 0) is 56.1 Å². The van der Waals surface area contributed by atoms with Gasteiger partial charge in [0.25, 0.3) is 0 Å². The van der Waals surface area contributed by atoms with Gasteiger partial charge in [-0.25, -0.2) is 18.2 Å². The van der Waals surface area contributed by atoms with Crippen molar-refractivity contribution in [2.24, 2.45) is 0 Å². The van der Waals surface area contributed by atoms with E-state index >= 15 is 0 Å². The number of hydrogen-bond donors (Lipinski definition) is 1. The molecule has 7 nitrogen and oxygen atoms in total. The molecule has 0 spiro atoms. The third-order valence-electron chi connectivity index (χ3n) is 8.18. The molecule has 2 atom stereocenters. The third kappa shape index (κ3) is 4.35. The zero-order valence-corrected chi connectivity index (χ0v) is 23.0. The number of nitrogens with two attached hydrogens (primary N) is 1. The molecule has 7 rings (SSSR count). The van der Waals surface area contributed by atoms with E-state index in [0.29, 0.717) is 69.0 Å². The average Bonchev–Trinajstić information content (AvgIpc) is 3.59. The molecule has 5 heterocycles. The Bertz CT molecular complexity index is 1680. The summed E-state index contributed by atoms with van der Waals surface area (Å²) in [5.74, 6) is -0.138. The van der Waals surface area contributed by atoms with Crippen molar-refractivity contribution in [3.63, 3.8) is 0 Å². The van der Waals surface area contributed by atoms with Crippen LogP contribution in [0.2, 0.25) is 5.02 Å². The van der Waals surface area contributed by atoms with Crippen LogP contribution >= 0.6 is 22.9 Å². The summed E-state index contributed by atoms with van der Waals surface area (Å²) in [5.41, 5.74) is 7.70. The van der Waals surface area contributed by atoms with Gasteiger partial charge < -0.3 is 15.4 Å². The normalized spacial score (nSPS) is 23.2. The molecule has 2 unspecified atom stereocenters. The smallest absolute Gasteiger partial charge is 0.319 e. The Balaban J connectivity index is 1.34. The molecule has 3 aliphatic heterocycles. The van der Waals surface area contributed by atoms with Gasteiger partial charge in [-0.15, -0.1) is 0 Å². The second-order valence-corrected chi connectivity index (χ2v) is 12.2. The predicted molar refractivity (Wildman–Crippen MR) is 152 cm³/mol. The molecule has 40 heavy (non-hydrogen) atoms. The first kappa shape index (κ1) is 25.8. The summed E-state index contributed by atoms with van der Waals surface area (Å²) >= 11 is 7.88. The van der Waals surface area contributed by atoms with Crippen molar-refractivity contribution in [1.82, 2.24) is 19.9 Å². The van der Waals surface area contributed by atoms with Crippen molar-refractivity contribution in [2.45, 2.75) is 37.4 Å². The maximum Gasteiger partial charge on any atom is 0.319 e. The van der Waals surface area contributed by atoms with Gasteiger partial charge >= 0.3 is 6.01 Å². The van der Waals surface area contributed by atoms with Crippen LogP contribution in [0.5, 0.6) is 6.01 Å². The van der Waals surface area contributed by atoms with Crippen LogP contribution in [-0.2, 0) is 0 Å². The number of nitrogen functional groups attached to an aromatic ring is 1. The highest BCUT2D eigenvalue weighted by Gasteiger charge is 2.49. The minimum atomic E-state index is -0.878. The predicted octanol–water partition coefficient (Wildman–Crippen LogP) is 6.30. The van der Waals surface area contributed by atoms with E-state index in [0.717, 1.165) is 30.7 Å². The van der Waals surface area contributed by atoms with E-state index in [1.807, 2.05) is 4.90 Å². The van der Waals surface area contributed by atoms with E-state index in [-0.39, 0.29) is 35.7 Å². The minimum Gasteiger partial charge on any atom is -0.461 e. The summed E-state index contributed by atoms with van der Waals surface area (Å²) in [6.45, 7) is 2.17. The Labute approximate surface area is 237 Å². The standard InChI is InChI=1S/C28H26ClF3N6OS/c29-20-9-19-22(10-18(20)17-4-5-21(32)24-23(17)35-26(33)40-24)34-27(36-25(19)37-7-1-3-15(30)12-37)39-14-28-6-2-8-38(28)13-16(31)11-28/h3-5,9-10,16H,1-2,6-8,11-14H2,(H2,33,35). The highest BCUT2D eigenvalue weighted by Crippen LogP contribution is 2.42. The van der Waals surface area contributed by atoms with Gasteiger partial charge in [0.15, 0.2) is 5.13 Å². The van der Waals surface area contributed by atoms with Crippen molar-refractivity contribution in [2.75, 3.05) is 43.4 Å². The fraction of sp³-hybridized carbons (Fsp3) is 0.393. The number of thiazole rings is 1. The summed E-state index contributed by atoms with van der Waals surface area (Å²) in [6, 6.07) is 6.66. The lowest BCUT2D eigenvalue weighted by Crippen LogP contribution is -2.43. The molecule has 0 amide bonds. The maximum absolute atomic E-state index is 14.5. The zero-order chi connectivity index (χ0) is 27.6. The molecular formula is C28H26ClF3N6OS. The lowest BCUT2D eigenvalue weighted by molar-refractivity contribution is 0.107. The fourth-order valence-corrected chi connectivity index (χ4v) is 7.39. The van der Waals surface area contributed by atoms with E-state index < -0.39 is 12.0 Å². The van der Waals surface area contributed by atoms with Gasteiger partial charge in [-0.2, -0.15) is 9.97 Å². The van der Waals surface area contributed by atoms with Crippen molar-refractivity contribution in [1.29, 1.82) is 0 Å². The second-order valence-electron chi connectivity index (χ2n) is 10.7. The third-order valence-corrected chi connectivity index (χ3v) is 9.39. The molecule has 208 valence electrons. The van der Waals surface area contributed by atoms with Gasteiger partial charge in [0, 0.05) is 41.0 Å². The van der Waals surface area contributed by atoms with Crippen LogP contribution < -0.4 is 15.4 Å². The van der Waals surface area contributed by atoms with Crippen LogP contribution in [0.1, 0.15) is 25.7 Å². The number of rotatable bonds is 5. The van der Waals surface area contributed by atoms with Crippen molar-refractivity contribution in [3.8, 4) is 17.1 Å². The number of anilines is 2. The first-order valence-electron chi connectivity index (χ1n) is 13.3. The molecule has 3 aliphatic rings. The number of alkyl halides is 1. The number of halogens is 4. The first-order chi connectivity index (χ1) is 19.3. The topological polar surface area (TPSA) is 80.4 Å². The van der Waals surface area contributed by atoms with Crippen molar-refractivity contribution >= 4 is 55.0 Å². The Morgan fingerprint density at radius 2 is 2.02 bits per heavy atom. The van der Waals surface area contributed by atoms with Crippen molar-refractivity contribution < 1.29 is 17.9 Å². The zero-order valence-electron chi connectivity index (χ0n) is 21.5. The number of hydrogen-bond acceptors (Lipinski definition) is 8. The van der Waals surface area contributed by atoms with Crippen LogP contribution in [-0.4, -0.2) is 64.3 Å². The van der Waals surface area contributed by atoms with Gasteiger partial charge in [-0.3, -0.25) is 4.90 Å². The largest absolute Gasteiger partial charge is 0.461 e. The van der Waals surface area contributed by atoms with Gasteiger partial charge in [-0.1, -0.05) is 22.9 Å². The lowest BCUT2D eigenvalue weighted by atomic mass is 9.95. The average molecular weight is 587 g/mol. The van der Waals surface area contributed by atoms with E-state index in [1.54, 1.807) is 24.3 Å². The molecule has 0 saturated carbocycles. The molecular weight excluding hydrogens is 561 g/mol. The van der Waals surface area contributed by atoms with Crippen LogP contribution in [0, 0.1) is 5.82 Å². The molecule has 0 aliphatic carbocycles. The molecule has 0 bridgehead atoms. The van der Waals surface area contributed by atoms with E-state index in [2.05, 4.69) is 9.88 Å².